The Kier molecular flexibility index (Phi) is 1.74. The molecule has 1 aliphatic rings. The summed E-state index contributed by atoms with van der Waals surface area (Å²) in [4.78, 5) is 0. The van der Waals surface area contributed by atoms with E-state index in [0.717, 1.165) is 0 Å². The second-order valence-electron chi connectivity index (χ2n) is 2.28. The molecule has 9 heavy (non-hydrogen) atoms. The van der Waals surface area contributed by atoms with Crippen molar-refractivity contribution in [3.05, 3.63) is 24.2 Å². The molecule has 0 aromatic heterocycles. The number of hydrogen-bond donors (Lipinski definition) is 0. The molecule has 0 amide bonds. The average Bonchev–Trinajstić information content (AvgIpc) is 1.89. The molecule has 1 nitrogen and oxygen atoms in total. The average molecular weight is 117 g/mol. The first-order chi connectivity index (χ1) is 4.34. The number of hydrogen-bond acceptors (Lipinski definition) is 1. The molecule has 0 aliphatic carbocycles. The molecule has 2 heteroatoms. The van der Waals surface area contributed by atoms with Crippen LogP contribution in [0, 0.1) is 11.2 Å². The van der Waals surface area contributed by atoms with Gasteiger partial charge in [-0.15, -0.1) is 0 Å². The Balaban J connectivity index is 2.68. The van der Waals surface area contributed by atoms with Gasteiger partial charge in [-0.2, -0.15) is 0 Å². The molecular weight excluding hydrogens is 109 g/mol. The lowest BCUT2D eigenvalue weighted by Crippen LogP contribution is -2.13. The van der Waals surface area contributed by atoms with Gasteiger partial charge >= 0.3 is 0 Å². The molecule has 1 unspecified atom stereocenters. The molecule has 0 radical (unpaired) electrons. The van der Waals surface area contributed by atoms with E-state index in [-0.39, 0.29) is 6.71 Å². The molecule has 0 aromatic carbocycles. The van der Waals surface area contributed by atoms with Crippen molar-refractivity contribution in [2.45, 2.75) is 12.7 Å². The van der Waals surface area contributed by atoms with Gasteiger partial charge in [-0.1, -0.05) is 31.1 Å². The molecule has 1 atom stereocenters. The molecule has 0 N–H and O–H groups in total. The van der Waals surface area contributed by atoms with Crippen molar-refractivity contribution in [2.75, 3.05) is 0 Å². The molecule has 0 bridgehead atoms. The summed E-state index contributed by atoms with van der Waals surface area (Å²) in [6, 6.07) is 0. The molecule has 0 spiro atoms. The van der Waals surface area contributed by atoms with E-state index in [2.05, 4.69) is 5.97 Å². The molecule has 0 saturated heterocycles. The minimum Gasteiger partial charge on any atom is -0.212 e. The zero-order chi connectivity index (χ0) is 6.69. The maximum absolute atomic E-state index is 8.53. The largest absolute Gasteiger partial charge is 0.299 e. The predicted octanol–water partition coefficient (Wildman–Crippen LogP) is 1.60. The molecular formula is C7H8BN. The normalized spacial score (nSPS) is 24.0. The Morgan fingerprint density at radius 3 is 2.78 bits per heavy atom. The highest BCUT2D eigenvalue weighted by Crippen LogP contribution is 2.14. The third-order valence-electron chi connectivity index (χ3n) is 1.56. The summed E-state index contributed by atoms with van der Waals surface area (Å²) in [5.41, 5.74) is 0. The number of rotatable bonds is 0. The lowest BCUT2D eigenvalue weighted by molar-refractivity contribution is 1.17. The van der Waals surface area contributed by atoms with Crippen molar-refractivity contribution in [3.63, 3.8) is 0 Å². The summed E-state index contributed by atoms with van der Waals surface area (Å²) < 4.78 is 0. The Morgan fingerprint density at radius 2 is 2.33 bits per heavy atom. The minimum absolute atomic E-state index is 0.0926. The third kappa shape index (κ3) is 1.23. The van der Waals surface area contributed by atoms with Crippen molar-refractivity contribution in [2.24, 2.45) is 0 Å². The van der Waals surface area contributed by atoms with E-state index in [4.69, 9.17) is 5.26 Å². The van der Waals surface area contributed by atoms with Gasteiger partial charge in [0.25, 0.3) is 6.71 Å². The quantitative estimate of drug-likeness (QED) is 0.442. The van der Waals surface area contributed by atoms with Gasteiger partial charge in [0.1, 0.15) is 0 Å². The zero-order valence-electron chi connectivity index (χ0n) is 5.41. The second kappa shape index (κ2) is 2.54. The van der Waals surface area contributed by atoms with Crippen LogP contribution in [0.1, 0.15) is 6.92 Å². The Labute approximate surface area is 55.8 Å². The van der Waals surface area contributed by atoms with Crippen molar-refractivity contribution in [3.8, 4) is 5.97 Å². The van der Waals surface area contributed by atoms with Crippen molar-refractivity contribution < 1.29 is 0 Å². The van der Waals surface area contributed by atoms with Crippen LogP contribution in [0.25, 0.3) is 0 Å². The Bertz CT molecular complexity index is 188. The van der Waals surface area contributed by atoms with E-state index in [1.165, 1.54) is 0 Å². The van der Waals surface area contributed by atoms with E-state index >= 15 is 0 Å². The van der Waals surface area contributed by atoms with Crippen LogP contribution >= 0.6 is 0 Å². The van der Waals surface area contributed by atoms with Crippen LogP contribution < -0.4 is 0 Å². The first-order valence-corrected chi connectivity index (χ1v) is 3.09. The summed E-state index contributed by atoms with van der Waals surface area (Å²) in [5, 5.41) is 8.53. The molecule has 44 valence electrons. The highest BCUT2D eigenvalue weighted by Gasteiger charge is 2.17. The maximum atomic E-state index is 8.53. The van der Waals surface area contributed by atoms with Gasteiger partial charge in [-0.3, -0.25) is 0 Å². The zero-order valence-corrected chi connectivity index (χ0v) is 5.41. The smallest absolute Gasteiger partial charge is 0.212 e. The van der Waals surface area contributed by atoms with Crippen molar-refractivity contribution in [1.29, 1.82) is 5.26 Å². The highest BCUT2D eigenvalue weighted by atomic mass is 14.2. The van der Waals surface area contributed by atoms with Crippen LogP contribution in [-0.2, 0) is 0 Å². The van der Waals surface area contributed by atoms with Gasteiger partial charge in [0.2, 0.25) is 0 Å². The van der Waals surface area contributed by atoms with E-state index in [0.29, 0.717) is 5.82 Å². The van der Waals surface area contributed by atoms with Gasteiger partial charge in [0.05, 0.1) is 0 Å². The first-order valence-electron chi connectivity index (χ1n) is 3.09. The second-order valence-corrected chi connectivity index (χ2v) is 2.28. The van der Waals surface area contributed by atoms with Crippen LogP contribution in [-0.4, -0.2) is 6.71 Å². The first kappa shape index (κ1) is 6.16. The molecule has 0 aromatic rings. The van der Waals surface area contributed by atoms with Gasteiger partial charge in [-0.25, -0.2) is 5.26 Å². The van der Waals surface area contributed by atoms with Crippen molar-refractivity contribution in [1.82, 2.24) is 0 Å². The monoisotopic (exact) mass is 117 g/mol. The molecule has 0 fully saturated rings. The summed E-state index contributed by atoms with van der Waals surface area (Å²) in [5.74, 6) is 4.54. The number of nitriles is 1. The minimum atomic E-state index is 0.0926. The fourth-order valence-electron chi connectivity index (χ4n) is 0.879. The van der Waals surface area contributed by atoms with Crippen LogP contribution in [0.4, 0.5) is 0 Å². The Morgan fingerprint density at radius 1 is 1.56 bits per heavy atom. The molecule has 1 rings (SSSR count). The SMILES string of the molecule is CC1C=CC=CB1C#N. The van der Waals surface area contributed by atoms with E-state index in [1.807, 2.05) is 31.1 Å². The standard InChI is InChI=1S/C7H8BN/c1-7-4-2-3-5-8(7)6-9/h2-5,7H,1H3. The molecule has 1 heterocycles. The number of allylic oxidation sites excluding steroid dienone is 3. The lowest BCUT2D eigenvalue weighted by Gasteiger charge is -2.07. The third-order valence-corrected chi connectivity index (χ3v) is 1.56. The van der Waals surface area contributed by atoms with Gasteiger partial charge in [0.15, 0.2) is 0 Å². The topological polar surface area (TPSA) is 23.8 Å². The summed E-state index contributed by atoms with van der Waals surface area (Å²) in [7, 11) is 0. The van der Waals surface area contributed by atoms with Crippen molar-refractivity contribution >= 4 is 6.71 Å². The number of nitrogens with zero attached hydrogens (tertiary/aromatic N) is 1. The summed E-state index contributed by atoms with van der Waals surface area (Å²) in [6.07, 6.45) is 5.96. The van der Waals surface area contributed by atoms with Crippen LogP contribution in [0.5, 0.6) is 0 Å². The van der Waals surface area contributed by atoms with E-state index < -0.39 is 0 Å². The highest BCUT2D eigenvalue weighted by molar-refractivity contribution is 6.73. The van der Waals surface area contributed by atoms with Gasteiger partial charge in [-0.05, 0) is 5.82 Å². The molecule has 1 aliphatic heterocycles. The fraction of sp³-hybridized carbons (Fsp3) is 0.286. The van der Waals surface area contributed by atoms with Gasteiger partial charge in [0, 0.05) is 5.97 Å². The van der Waals surface area contributed by atoms with Crippen LogP contribution in [0.2, 0.25) is 5.82 Å². The predicted molar refractivity (Wildman–Crippen MR) is 39.1 cm³/mol. The summed E-state index contributed by atoms with van der Waals surface area (Å²) in [6.45, 7) is 2.14. The fourth-order valence-corrected chi connectivity index (χ4v) is 0.879. The maximum Gasteiger partial charge on any atom is 0.299 e. The van der Waals surface area contributed by atoms with E-state index in [1.54, 1.807) is 0 Å². The Hall–Kier alpha value is -0.965. The summed E-state index contributed by atoms with van der Waals surface area (Å²) >= 11 is 0. The molecule has 0 saturated carbocycles. The van der Waals surface area contributed by atoms with Crippen LogP contribution in [0.3, 0.4) is 0 Å². The van der Waals surface area contributed by atoms with Crippen LogP contribution in [0.15, 0.2) is 24.2 Å². The van der Waals surface area contributed by atoms with E-state index in [9.17, 15) is 0 Å². The van der Waals surface area contributed by atoms with Gasteiger partial charge < -0.3 is 0 Å². The lowest BCUT2D eigenvalue weighted by atomic mass is 9.42.